The highest BCUT2D eigenvalue weighted by Crippen LogP contribution is 2.24. The number of halogens is 1. The highest BCUT2D eigenvalue weighted by molar-refractivity contribution is 6.32. The zero-order valence-electron chi connectivity index (χ0n) is 9.83. The van der Waals surface area contributed by atoms with E-state index in [9.17, 15) is 14.4 Å². The molecule has 0 saturated carbocycles. The van der Waals surface area contributed by atoms with E-state index in [0.717, 1.165) is 6.92 Å². The summed E-state index contributed by atoms with van der Waals surface area (Å²) in [6.07, 6.45) is 0. The molecule has 0 radical (unpaired) electrons. The molecule has 1 aliphatic rings. The SMILES string of the molecule is CC(=O)N1NC(=O)C(N=Nc2ccccc2Cl)C1=O. The van der Waals surface area contributed by atoms with Gasteiger partial charge in [-0.1, -0.05) is 23.7 Å². The lowest BCUT2D eigenvalue weighted by Gasteiger charge is -2.08. The Morgan fingerprint density at radius 2 is 2.05 bits per heavy atom. The summed E-state index contributed by atoms with van der Waals surface area (Å²) in [4.78, 5) is 34.3. The van der Waals surface area contributed by atoms with E-state index < -0.39 is 23.8 Å². The summed E-state index contributed by atoms with van der Waals surface area (Å²) in [7, 11) is 0. The minimum Gasteiger partial charge on any atom is -0.273 e. The van der Waals surface area contributed by atoms with E-state index in [4.69, 9.17) is 11.6 Å². The van der Waals surface area contributed by atoms with E-state index in [0.29, 0.717) is 15.7 Å². The smallest absolute Gasteiger partial charge is 0.273 e. The summed E-state index contributed by atoms with van der Waals surface area (Å²) in [6.45, 7) is 1.16. The number of nitrogens with zero attached hydrogens (tertiary/aromatic N) is 3. The third kappa shape index (κ3) is 2.60. The first kappa shape index (κ1) is 13.2. The van der Waals surface area contributed by atoms with Crippen molar-refractivity contribution in [1.29, 1.82) is 0 Å². The molecule has 0 spiro atoms. The molecule has 1 aliphatic heterocycles. The molecule has 0 aromatic heterocycles. The lowest BCUT2D eigenvalue weighted by molar-refractivity contribution is -0.144. The number of imide groups is 1. The first-order valence-corrected chi connectivity index (χ1v) is 5.69. The van der Waals surface area contributed by atoms with Gasteiger partial charge in [-0.25, -0.2) is 0 Å². The van der Waals surface area contributed by atoms with Crippen LogP contribution in [0.5, 0.6) is 0 Å². The van der Waals surface area contributed by atoms with Crippen molar-refractivity contribution in [2.45, 2.75) is 13.0 Å². The molecule has 19 heavy (non-hydrogen) atoms. The molecular weight excluding hydrogens is 272 g/mol. The lowest BCUT2D eigenvalue weighted by atomic mass is 10.3. The maximum atomic E-state index is 11.7. The van der Waals surface area contributed by atoms with Crippen molar-refractivity contribution < 1.29 is 14.4 Å². The summed E-state index contributed by atoms with van der Waals surface area (Å²) in [5.74, 6) is -2.04. The topological polar surface area (TPSA) is 91.2 Å². The number of hydrogen-bond donors (Lipinski definition) is 1. The van der Waals surface area contributed by atoms with Gasteiger partial charge in [0.1, 0.15) is 5.69 Å². The third-order valence-electron chi connectivity index (χ3n) is 2.37. The number of benzene rings is 1. The maximum Gasteiger partial charge on any atom is 0.284 e. The Kier molecular flexibility index (Phi) is 3.57. The second kappa shape index (κ2) is 5.15. The highest BCUT2D eigenvalue weighted by Gasteiger charge is 2.41. The Balaban J connectivity index is 2.20. The molecule has 1 atom stereocenters. The Hall–Kier alpha value is -2.28. The van der Waals surface area contributed by atoms with E-state index in [-0.39, 0.29) is 0 Å². The van der Waals surface area contributed by atoms with E-state index in [2.05, 4.69) is 15.7 Å². The van der Waals surface area contributed by atoms with Crippen LogP contribution in [-0.2, 0) is 14.4 Å². The second-order valence-corrected chi connectivity index (χ2v) is 4.15. The van der Waals surface area contributed by atoms with Crippen LogP contribution in [0, 0.1) is 0 Å². The van der Waals surface area contributed by atoms with Crippen LogP contribution < -0.4 is 5.43 Å². The van der Waals surface area contributed by atoms with Crippen molar-refractivity contribution in [3.05, 3.63) is 29.3 Å². The molecule has 0 bridgehead atoms. The van der Waals surface area contributed by atoms with Crippen molar-refractivity contribution in [2.24, 2.45) is 10.2 Å². The van der Waals surface area contributed by atoms with Crippen molar-refractivity contribution in [3.63, 3.8) is 0 Å². The van der Waals surface area contributed by atoms with E-state index in [1.54, 1.807) is 24.3 Å². The van der Waals surface area contributed by atoms with Crippen LogP contribution in [-0.4, -0.2) is 28.8 Å². The first-order chi connectivity index (χ1) is 9.00. The number of carbonyl (C=O) groups is 3. The van der Waals surface area contributed by atoms with Crippen LogP contribution in [0.4, 0.5) is 5.69 Å². The van der Waals surface area contributed by atoms with Crippen LogP contribution in [0.2, 0.25) is 5.02 Å². The molecule has 1 aromatic carbocycles. The summed E-state index contributed by atoms with van der Waals surface area (Å²) in [5.41, 5.74) is 2.45. The molecule has 1 fully saturated rings. The molecule has 1 aromatic rings. The predicted octanol–water partition coefficient (Wildman–Crippen LogP) is 1.21. The minimum absolute atomic E-state index is 0.339. The van der Waals surface area contributed by atoms with Gasteiger partial charge in [0.2, 0.25) is 11.9 Å². The first-order valence-electron chi connectivity index (χ1n) is 5.31. The van der Waals surface area contributed by atoms with Crippen molar-refractivity contribution in [3.8, 4) is 0 Å². The summed E-state index contributed by atoms with van der Waals surface area (Å²) >= 11 is 5.86. The van der Waals surface area contributed by atoms with Gasteiger partial charge in [0.25, 0.3) is 11.8 Å². The summed E-state index contributed by atoms with van der Waals surface area (Å²) in [5, 5.41) is 8.35. The molecule has 1 unspecified atom stereocenters. The summed E-state index contributed by atoms with van der Waals surface area (Å²) < 4.78 is 0. The average Bonchev–Trinajstić information content (AvgIpc) is 2.65. The molecule has 0 aliphatic carbocycles. The van der Waals surface area contributed by atoms with Crippen LogP contribution in [0.15, 0.2) is 34.5 Å². The van der Waals surface area contributed by atoms with Crippen LogP contribution in [0.1, 0.15) is 6.92 Å². The quantitative estimate of drug-likeness (QED) is 0.652. The Morgan fingerprint density at radius 3 is 2.63 bits per heavy atom. The Labute approximate surface area is 113 Å². The fourth-order valence-electron chi connectivity index (χ4n) is 1.45. The van der Waals surface area contributed by atoms with Gasteiger partial charge in [0.15, 0.2) is 0 Å². The van der Waals surface area contributed by atoms with E-state index in [1.807, 2.05) is 0 Å². The monoisotopic (exact) mass is 280 g/mol. The molecule has 8 heteroatoms. The fraction of sp³-hybridized carbons (Fsp3) is 0.182. The van der Waals surface area contributed by atoms with Gasteiger partial charge in [-0.2, -0.15) is 15.2 Å². The van der Waals surface area contributed by atoms with Crippen molar-refractivity contribution >= 4 is 35.0 Å². The molecule has 7 nitrogen and oxygen atoms in total. The molecule has 1 N–H and O–H groups in total. The molecular formula is C11H9ClN4O3. The van der Waals surface area contributed by atoms with Gasteiger partial charge in [-0.15, -0.1) is 0 Å². The average molecular weight is 281 g/mol. The van der Waals surface area contributed by atoms with Gasteiger partial charge < -0.3 is 0 Å². The molecule has 98 valence electrons. The molecule has 1 saturated heterocycles. The highest BCUT2D eigenvalue weighted by atomic mass is 35.5. The zero-order chi connectivity index (χ0) is 14.0. The lowest BCUT2D eigenvalue weighted by Crippen LogP contribution is -2.39. The van der Waals surface area contributed by atoms with Crippen LogP contribution in [0.3, 0.4) is 0 Å². The number of nitrogens with one attached hydrogen (secondary N) is 1. The normalized spacial score (nSPS) is 19.1. The Morgan fingerprint density at radius 1 is 1.37 bits per heavy atom. The number of amides is 3. The fourth-order valence-corrected chi connectivity index (χ4v) is 1.62. The zero-order valence-corrected chi connectivity index (χ0v) is 10.6. The van der Waals surface area contributed by atoms with Crippen molar-refractivity contribution in [2.75, 3.05) is 0 Å². The van der Waals surface area contributed by atoms with Gasteiger partial charge in [-0.05, 0) is 12.1 Å². The van der Waals surface area contributed by atoms with Crippen molar-refractivity contribution in [1.82, 2.24) is 10.4 Å². The van der Waals surface area contributed by atoms with E-state index in [1.165, 1.54) is 0 Å². The second-order valence-electron chi connectivity index (χ2n) is 3.74. The Bertz CT molecular complexity index is 587. The number of hydrogen-bond acceptors (Lipinski definition) is 5. The summed E-state index contributed by atoms with van der Waals surface area (Å²) in [6, 6.07) is 5.24. The van der Waals surface area contributed by atoms with Gasteiger partial charge in [0.05, 0.1) is 5.02 Å². The molecule has 3 amide bonds. The van der Waals surface area contributed by atoms with Gasteiger partial charge >= 0.3 is 0 Å². The predicted molar refractivity (Wildman–Crippen MR) is 65.4 cm³/mol. The number of hydrazine groups is 1. The molecule has 2 rings (SSSR count). The van der Waals surface area contributed by atoms with Gasteiger partial charge in [0, 0.05) is 6.92 Å². The largest absolute Gasteiger partial charge is 0.284 e. The van der Waals surface area contributed by atoms with E-state index >= 15 is 0 Å². The van der Waals surface area contributed by atoms with Crippen LogP contribution in [0.25, 0.3) is 0 Å². The standard InChI is InChI=1S/C11H9ClN4O3/c1-6(17)16-11(19)9(10(18)15-16)14-13-8-5-3-2-4-7(8)12/h2-5,9H,1H3,(H,15,18). The van der Waals surface area contributed by atoms with Gasteiger partial charge in [-0.3, -0.25) is 19.8 Å². The maximum absolute atomic E-state index is 11.7. The number of carbonyl (C=O) groups excluding carboxylic acids is 3. The van der Waals surface area contributed by atoms with Crippen LogP contribution >= 0.6 is 11.6 Å². The number of rotatable bonds is 2. The number of azo groups is 1. The third-order valence-corrected chi connectivity index (χ3v) is 2.69. The molecule has 1 heterocycles. The minimum atomic E-state index is -1.36.